The molecule has 0 heterocycles. The van der Waals surface area contributed by atoms with Gasteiger partial charge in [0.05, 0.1) is 6.10 Å². The van der Waals surface area contributed by atoms with E-state index in [1.165, 1.54) is 0 Å². The molecule has 0 aromatic heterocycles. The van der Waals surface area contributed by atoms with Crippen molar-refractivity contribution < 1.29 is 14.6 Å². The number of ether oxygens (including phenoxy) is 1. The maximum absolute atomic E-state index is 11.3. The summed E-state index contributed by atoms with van der Waals surface area (Å²) < 4.78 is 5.46. The summed E-state index contributed by atoms with van der Waals surface area (Å²) in [5.41, 5.74) is 3.01. The van der Waals surface area contributed by atoms with Crippen LogP contribution in [0.2, 0.25) is 5.02 Å². The number of aliphatic carboxylic acids is 1. The second kappa shape index (κ2) is 7.43. The van der Waals surface area contributed by atoms with Crippen molar-refractivity contribution in [2.75, 3.05) is 0 Å². The molecule has 0 saturated heterocycles. The van der Waals surface area contributed by atoms with Gasteiger partial charge in [-0.3, -0.25) is 0 Å². The summed E-state index contributed by atoms with van der Waals surface area (Å²) in [6.07, 6.45) is -0.615. The molecular formula is C18H19ClO3. The molecule has 0 aliphatic carbocycles. The van der Waals surface area contributed by atoms with Gasteiger partial charge in [0, 0.05) is 11.4 Å². The Hall–Kier alpha value is -1.84. The van der Waals surface area contributed by atoms with E-state index in [4.69, 9.17) is 16.3 Å². The van der Waals surface area contributed by atoms with E-state index >= 15 is 0 Å². The van der Waals surface area contributed by atoms with Crippen molar-refractivity contribution in [1.82, 2.24) is 0 Å². The topological polar surface area (TPSA) is 46.5 Å². The summed E-state index contributed by atoms with van der Waals surface area (Å²) in [5, 5.41) is 9.95. The van der Waals surface area contributed by atoms with E-state index < -0.39 is 12.1 Å². The van der Waals surface area contributed by atoms with Gasteiger partial charge >= 0.3 is 5.97 Å². The highest BCUT2D eigenvalue weighted by molar-refractivity contribution is 6.30. The zero-order valence-corrected chi connectivity index (χ0v) is 13.4. The molecule has 0 bridgehead atoms. The third kappa shape index (κ3) is 4.58. The summed E-state index contributed by atoms with van der Waals surface area (Å²) in [5.74, 6) is -0.939. The van der Waals surface area contributed by atoms with Gasteiger partial charge in [-0.2, -0.15) is 0 Å². The molecule has 2 aromatic rings. The quantitative estimate of drug-likeness (QED) is 0.857. The van der Waals surface area contributed by atoms with Gasteiger partial charge in [0.2, 0.25) is 0 Å². The summed E-state index contributed by atoms with van der Waals surface area (Å²) in [7, 11) is 0. The van der Waals surface area contributed by atoms with Crippen LogP contribution in [0, 0.1) is 0 Å². The minimum Gasteiger partial charge on any atom is -0.479 e. The van der Waals surface area contributed by atoms with Crippen molar-refractivity contribution in [3.63, 3.8) is 0 Å². The molecule has 3 nitrogen and oxygen atoms in total. The second-order valence-corrected chi connectivity index (χ2v) is 5.86. The smallest absolute Gasteiger partial charge is 0.333 e. The van der Waals surface area contributed by atoms with Crippen LogP contribution >= 0.6 is 11.6 Å². The first-order valence-electron chi connectivity index (χ1n) is 7.19. The van der Waals surface area contributed by atoms with Crippen LogP contribution in [0.1, 0.15) is 19.4 Å². The largest absolute Gasteiger partial charge is 0.479 e. The lowest BCUT2D eigenvalue weighted by Gasteiger charge is -2.17. The fraction of sp³-hybridized carbons (Fsp3) is 0.278. The van der Waals surface area contributed by atoms with Crippen LogP contribution < -0.4 is 0 Å². The number of rotatable bonds is 6. The van der Waals surface area contributed by atoms with E-state index in [2.05, 4.69) is 0 Å². The molecule has 0 fully saturated rings. The van der Waals surface area contributed by atoms with E-state index in [1.807, 2.05) is 62.4 Å². The summed E-state index contributed by atoms with van der Waals surface area (Å²) in [6.45, 7) is 3.67. The van der Waals surface area contributed by atoms with E-state index in [-0.39, 0.29) is 6.10 Å². The van der Waals surface area contributed by atoms with E-state index in [1.54, 1.807) is 0 Å². The van der Waals surface area contributed by atoms with Gasteiger partial charge in [-0.25, -0.2) is 4.79 Å². The molecule has 2 aromatic carbocycles. The van der Waals surface area contributed by atoms with E-state index in [0.29, 0.717) is 11.4 Å². The van der Waals surface area contributed by atoms with Gasteiger partial charge < -0.3 is 9.84 Å². The lowest BCUT2D eigenvalue weighted by molar-refractivity contribution is -0.153. The minimum absolute atomic E-state index is 0.124. The number of halogens is 1. The molecule has 0 amide bonds. The van der Waals surface area contributed by atoms with Crippen LogP contribution in [0.3, 0.4) is 0 Å². The zero-order chi connectivity index (χ0) is 16.1. The van der Waals surface area contributed by atoms with Crippen LogP contribution in [0.25, 0.3) is 11.1 Å². The summed E-state index contributed by atoms with van der Waals surface area (Å²) >= 11 is 5.90. The van der Waals surface area contributed by atoms with E-state index in [9.17, 15) is 9.90 Å². The van der Waals surface area contributed by atoms with Gasteiger partial charge in [0.15, 0.2) is 6.10 Å². The Morgan fingerprint density at radius 1 is 1.14 bits per heavy atom. The normalized spacial score (nSPS) is 12.4. The van der Waals surface area contributed by atoms with Crippen molar-refractivity contribution in [1.29, 1.82) is 0 Å². The minimum atomic E-state index is -0.939. The average molecular weight is 319 g/mol. The highest BCUT2D eigenvalue weighted by Crippen LogP contribution is 2.23. The SMILES string of the molecule is CC(C)OC(Cc1cccc(-c2ccc(Cl)cc2)c1)C(=O)O. The van der Waals surface area contributed by atoms with Crippen molar-refractivity contribution in [3.8, 4) is 11.1 Å². The molecule has 22 heavy (non-hydrogen) atoms. The van der Waals surface area contributed by atoms with Crippen molar-refractivity contribution in [2.45, 2.75) is 32.5 Å². The van der Waals surface area contributed by atoms with Crippen LogP contribution in [0.15, 0.2) is 48.5 Å². The fourth-order valence-electron chi connectivity index (χ4n) is 2.26. The molecule has 0 aliphatic rings. The Labute approximate surface area is 135 Å². The first-order chi connectivity index (χ1) is 10.5. The van der Waals surface area contributed by atoms with Gasteiger partial charge in [-0.05, 0) is 42.7 Å². The number of carboxylic acid groups (broad SMARTS) is 1. The molecule has 1 unspecified atom stereocenters. The van der Waals surface area contributed by atoms with Crippen LogP contribution in [-0.4, -0.2) is 23.3 Å². The summed E-state index contributed by atoms with van der Waals surface area (Å²) in [4.78, 5) is 11.3. The van der Waals surface area contributed by atoms with Crippen molar-refractivity contribution >= 4 is 17.6 Å². The number of hydrogen-bond acceptors (Lipinski definition) is 2. The van der Waals surface area contributed by atoms with Gasteiger partial charge in [0.25, 0.3) is 0 Å². The first-order valence-corrected chi connectivity index (χ1v) is 7.56. The molecule has 0 aliphatic heterocycles. The molecule has 0 saturated carbocycles. The monoisotopic (exact) mass is 318 g/mol. The summed E-state index contributed by atoms with van der Waals surface area (Å²) in [6, 6.07) is 15.4. The molecular weight excluding hydrogens is 300 g/mol. The predicted molar refractivity (Wildman–Crippen MR) is 88.2 cm³/mol. The Morgan fingerprint density at radius 2 is 1.82 bits per heavy atom. The van der Waals surface area contributed by atoms with Crippen molar-refractivity contribution in [2.24, 2.45) is 0 Å². The number of benzene rings is 2. The maximum atomic E-state index is 11.3. The van der Waals surface area contributed by atoms with Crippen LogP contribution in [0.4, 0.5) is 0 Å². The molecule has 1 N–H and O–H groups in total. The molecule has 116 valence electrons. The Morgan fingerprint density at radius 3 is 2.41 bits per heavy atom. The Balaban J connectivity index is 2.20. The molecule has 0 radical (unpaired) electrons. The predicted octanol–water partition coefficient (Wildman–Crippen LogP) is 4.43. The second-order valence-electron chi connectivity index (χ2n) is 5.42. The Kier molecular flexibility index (Phi) is 5.58. The third-order valence-electron chi connectivity index (χ3n) is 3.24. The van der Waals surface area contributed by atoms with Gasteiger partial charge in [-0.1, -0.05) is 48.0 Å². The number of hydrogen-bond donors (Lipinski definition) is 1. The van der Waals surface area contributed by atoms with Gasteiger partial charge in [0.1, 0.15) is 0 Å². The molecule has 1 atom stereocenters. The molecule has 2 rings (SSSR count). The van der Waals surface area contributed by atoms with Gasteiger partial charge in [-0.15, -0.1) is 0 Å². The Bertz CT molecular complexity index is 635. The maximum Gasteiger partial charge on any atom is 0.333 e. The van der Waals surface area contributed by atoms with E-state index in [0.717, 1.165) is 16.7 Å². The first kappa shape index (κ1) is 16.5. The van der Waals surface area contributed by atoms with Crippen molar-refractivity contribution in [3.05, 3.63) is 59.1 Å². The average Bonchev–Trinajstić information content (AvgIpc) is 2.47. The number of carbonyl (C=O) groups is 1. The molecule has 0 spiro atoms. The standard InChI is InChI=1S/C18H19ClO3/c1-12(2)22-17(18(20)21)11-13-4-3-5-15(10-13)14-6-8-16(19)9-7-14/h3-10,12,17H,11H2,1-2H3,(H,20,21). The lowest BCUT2D eigenvalue weighted by atomic mass is 10.00. The fourth-order valence-corrected chi connectivity index (χ4v) is 2.38. The lowest BCUT2D eigenvalue weighted by Crippen LogP contribution is -2.29. The highest BCUT2D eigenvalue weighted by Gasteiger charge is 2.20. The highest BCUT2D eigenvalue weighted by atomic mass is 35.5. The van der Waals surface area contributed by atoms with Crippen LogP contribution in [-0.2, 0) is 16.0 Å². The molecule has 4 heteroatoms. The third-order valence-corrected chi connectivity index (χ3v) is 3.49. The number of carboxylic acids is 1. The van der Waals surface area contributed by atoms with Crippen LogP contribution in [0.5, 0.6) is 0 Å². The zero-order valence-electron chi connectivity index (χ0n) is 12.6.